The molecule has 4 aliphatic heterocycles. The van der Waals surface area contributed by atoms with Gasteiger partial charge in [-0.15, -0.1) is 0 Å². The highest BCUT2D eigenvalue weighted by Gasteiger charge is 2.50. The Kier molecular flexibility index (Phi) is 11.8. The lowest BCUT2D eigenvalue weighted by molar-refractivity contribution is -0.108. The summed E-state index contributed by atoms with van der Waals surface area (Å²) in [6, 6.07) is 12.0. The predicted octanol–water partition coefficient (Wildman–Crippen LogP) is 5.30. The Bertz CT molecular complexity index is 1900. The number of nitrogens with zero attached hydrogens (tertiary/aromatic N) is 3. The summed E-state index contributed by atoms with van der Waals surface area (Å²) in [5.41, 5.74) is 2.79. The first-order chi connectivity index (χ1) is 27.0. The van der Waals surface area contributed by atoms with Crippen molar-refractivity contribution in [3.8, 4) is 5.75 Å². The fraction of sp³-hybridized carbons (Fsp3) is 0.651. The predicted molar refractivity (Wildman–Crippen MR) is 218 cm³/mol. The van der Waals surface area contributed by atoms with Gasteiger partial charge in [-0.3, -0.25) is 14.6 Å². The van der Waals surface area contributed by atoms with Crippen LogP contribution in [0, 0.1) is 17.8 Å². The molecule has 3 fully saturated rings. The van der Waals surface area contributed by atoms with Crippen LogP contribution in [0.15, 0.2) is 48.6 Å². The number of aryl methyl sites for hydroxylation is 1. The van der Waals surface area contributed by atoms with Gasteiger partial charge in [0.25, 0.3) is 5.91 Å². The number of nitrogens with one attached hydrogen (secondary N) is 1. The van der Waals surface area contributed by atoms with Gasteiger partial charge in [-0.2, -0.15) is 0 Å². The van der Waals surface area contributed by atoms with E-state index in [-0.39, 0.29) is 30.3 Å². The molecule has 56 heavy (non-hydrogen) atoms. The van der Waals surface area contributed by atoms with E-state index >= 15 is 0 Å². The second-order valence-corrected chi connectivity index (χ2v) is 19.6. The van der Waals surface area contributed by atoms with Gasteiger partial charge >= 0.3 is 0 Å². The van der Waals surface area contributed by atoms with Gasteiger partial charge in [-0.1, -0.05) is 36.7 Å². The van der Waals surface area contributed by atoms with Crippen molar-refractivity contribution in [2.75, 3.05) is 91.4 Å². The van der Waals surface area contributed by atoms with Gasteiger partial charge in [0.1, 0.15) is 11.4 Å². The van der Waals surface area contributed by atoms with E-state index in [1.807, 2.05) is 32.2 Å². The molecular formula is C43H59ClN4O7S. The maximum atomic E-state index is 14.1. The zero-order valence-corrected chi connectivity index (χ0v) is 34.8. The first kappa shape index (κ1) is 40.1. The topological polar surface area (TPSA) is 110 Å². The molecule has 0 unspecified atom stereocenters. The smallest absolute Gasteiger partial charge is 0.264 e. The number of sulfonamides is 1. The first-order valence-corrected chi connectivity index (χ1v) is 22.6. The average molecular weight is 811 g/mol. The van der Waals surface area contributed by atoms with Gasteiger partial charge in [0.15, 0.2) is 0 Å². The summed E-state index contributed by atoms with van der Waals surface area (Å²) in [5.74, 6) is 0.331. The molecule has 8 rings (SSSR count). The third kappa shape index (κ3) is 7.88. The third-order valence-electron chi connectivity index (χ3n) is 14.0. The second-order valence-electron chi connectivity index (χ2n) is 17.3. The molecule has 0 radical (unpaired) electrons. The molecule has 1 saturated carbocycles. The number of rotatable bonds is 6. The van der Waals surface area contributed by atoms with Crippen LogP contribution in [-0.2, 0) is 36.1 Å². The quantitative estimate of drug-likeness (QED) is 0.387. The van der Waals surface area contributed by atoms with Crippen molar-refractivity contribution in [3.63, 3.8) is 0 Å². The molecule has 1 spiro atoms. The summed E-state index contributed by atoms with van der Waals surface area (Å²) < 4.78 is 55.4. The number of ether oxygens (including phenoxy) is 4. The number of carbonyl (C=O) groups excluding carboxylic acids is 1. The minimum Gasteiger partial charge on any atom is -0.490 e. The fourth-order valence-corrected chi connectivity index (χ4v) is 12.6. The maximum Gasteiger partial charge on any atom is 0.264 e. The van der Waals surface area contributed by atoms with Crippen LogP contribution in [0.25, 0.3) is 0 Å². The van der Waals surface area contributed by atoms with E-state index in [2.05, 4.69) is 43.7 Å². The Hall–Kier alpha value is -2.71. The van der Waals surface area contributed by atoms with Gasteiger partial charge < -0.3 is 23.8 Å². The SMILES string of the molecule is COCC[C@@H]1[C@@H](C)C/C=C/[C@@](CN2CCN3CCOC[C@@H]3C2)(OC)[C@@H]2CC[C@H]2CN2C[C@@]3(CCCc4cc(Cl)ccc43)COc3ccc(cc32)C(=O)NS1(=O)=O. The van der Waals surface area contributed by atoms with Crippen LogP contribution >= 0.6 is 11.6 Å². The molecule has 0 aromatic heterocycles. The number of methoxy groups -OCH3 is 2. The second kappa shape index (κ2) is 16.5. The van der Waals surface area contributed by atoms with Gasteiger partial charge in [-0.05, 0) is 104 Å². The van der Waals surface area contributed by atoms with E-state index < -0.39 is 26.8 Å². The number of hydrogen-bond donors (Lipinski definition) is 1. The van der Waals surface area contributed by atoms with Crippen LogP contribution in [0.2, 0.25) is 5.02 Å². The van der Waals surface area contributed by atoms with Crippen molar-refractivity contribution >= 4 is 33.2 Å². The van der Waals surface area contributed by atoms with Crippen LogP contribution in [0.1, 0.15) is 66.9 Å². The Morgan fingerprint density at radius 1 is 1.07 bits per heavy atom. The minimum absolute atomic E-state index is 0.230. The summed E-state index contributed by atoms with van der Waals surface area (Å²) in [6.45, 7) is 10.3. The number of fused-ring (bicyclic) bond motifs is 5. The monoisotopic (exact) mass is 810 g/mol. The molecule has 2 aromatic rings. The summed E-state index contributed by atoms with van der Waals surface area (Å²) in [5, 5.41) is -0.0936. The van der Waals surface area contributed by atoms with Crippen molar-refractivity contribution in [3.05, 3.63) is 70.3 Å². The van der Waals surface area contributed by atoms with Crippen molar-refractivity contribution in [1.82, 2.24) is 14.5 Å². The molecule has 1 amide bonds. The van der Waals surface area contributed by atoms with E-state index in [0.717, 1.165) is 95.3 Å². The van der Waals surface area contributed by atoms with Crippen molar-refractivity contribution < 1.29 is 32.2 Å². The molecule has 6 aliphatic rings. The zero-order valence-electron chi connectivity index (χ0n) is 33.2. The molecule has 2 saturated heterocycles. The number of benzene rings is 2. The number of amides is 1. The molecule has 306 valence electrons. The lowest BCUT2D eigenvalue weighted by Gasteiger charge is -2.53. The number of piperazine rings is 1. The average Bonchev–Trinajstić information content (AvgIpc) is 3.32. The number of hydrogen-bond acceptors (Lipinski definition) is 10. The zero-order chi connectivity index (χ0) is 39.1. The van der Waals surface area contributed by atoms with E-state index in [0.29, 0.717) is 42.8 Å². The normalized spacial score (nSPS) is 34.2. The molecule has 1 N–H and O–H groups in total. The summed E-state index contributed by atoms with van der Waals surface area (Å²) in [4.78, 5) is 21.5. The Labute approximate surface area is 338 Å². The molecule has 7 atom stereocenters. The molecular weight excluding hydrogens is 752 g/mol. The molecule has 2 aliphatic carbocycles. The minimum atomic E-state index is -4.07. The number of morpholine rings is 1. The van der Waals surface area contributed by atoms with Crippen molar-refractivity contribution in [1.29, 1.82) is 0 Å². The Morgan fingerprint density at radius 2 is 1.95 bits per heavy atom. The molecule has 2 bridgehead atoms. The van der Waals surface area contributed by atoms with Gasteiger partial charge in [0.2, 0.25) is 10.0 Å². The van der Waals surface area contributed by atoms with Crippen LogP contribution in [-0.4, -0.2) is 127 Å². The number of halogens is 1. The number of allylic oxidation sites excluding steroid dienone is 1. The molecule has 4 heterocycles. The highest BCUT2D eigenvalue weighted by Crippen LogP contribution is 2.49. The molecule has 2 aromatic carbocycles. The highest BCUT2D eigenvalue weighted by molar-refractivity contribution is 7.90. The van der Waals surface area contributed by atoms with Crippen molar-refractivity contribution in [2.24, 2.45) is 17.8 Å². The standard InChI is InChI=1S/C43H59ClN4O7S/c1-30-6-4-16-43(53-3,28-46-17-18-47-19-21-54-26-35(47)25-46)37-11-8-33(37)24-48-27-42(15-5-7-31-22-34(44)10-12-36(31)42)29-55-39-13-9-32(23-38(39)48)41(49)45-56(50,51)40(30)14-20-52-2/h4,9-10,12-13,16,22-23,30,33,35,37,40H,5-8,11,14-15,17-21,24-29H2,1-3H3,(H,45,49)/b16-4+/t30-,33-,35-,37+,40+,42-,43-/m0/s1. The van der Waals surface area contributed by atoms with E-state index in [4.69, 9.17) is 30.5 Å². The lowest BCUT2D eigenvalue weighted by Crippen LogP contribution is -2.62. The lowest BCUT2D eigenvalue weighted by atomic mass is 9.63. The highest BCUT2D eigenvalue weighted by atomic mass is 35.5. The largest absolute Gasteiger partial charge is 0.490 e. The van der Waals surface area contributed by atoms with Gasteiger partial charge in [0, 0.05) is 88.7 Å². The van der Waals surface area contributed by atoms with Crippen LogP contribution in [0.3, 0.4) is 0 Å². The van der Waals surface area contributed by atoms with Crippen LogP contribution in [0.5, 0.6) is 5.75 Å². The molecule has 13 heteroatoms. The first-order valence-electron chi connectivity index (χ1n) is 20.7. The van der Waals surface area contributed by atoms with Gasteiger partial charge in [-0.25, -0.2) is 13.1 Å². The number of anilines is 1. The van der Waals surface area contributed by atoms with E-state index in [9.17, 15) is 13.2 Å². The van der Waals surface area contributed by atoms with Gasteiger partial charge in [0.05, 0.1) is 30.8 Å². The Balaban J connectivity index is 1.20. The van der Waals surface area contributed by atoms with Crippen LogP contribution < -0.4 is 14.4 Å². The maximum absolute atomic E-state index is 14.1. The summed E-state index contributed by atoms with van der Waals surface area (Å²) >= 11 is 6.53. The van der Waals surface area contributed by atoms with E-state index in [1.54, 1.807) is 13.2 Å². The summed E-state index contributed by atoms with van der Waals surface area (Å²) in [7, 11) is -0.652. The number of carbonyl (C=O) groups is 1. The summed E-state index contributed by atoms with van der Waals surface area (Å²) in [6.07, 6.45) is 10.2. The third-order valence-corrected chi connectivity index (χ3v) is 16.2. The van der Waals surface area contributed by atoms with Crippen molar-refractivity contribution in [2.45, 2.75) is 74.2 Å². The molecule has 11 nitrogen and oxygen atoms in total. The van der Waals surface area contributed by atoms with Crippen LogP contribution in [0.4, 0.5) is 5.69 Å². The van der Waals surface area contributed by atoms with E-state index in [1.165, 1.54) is 11.1 Å². The Morgan fingerprint density at radius 3 is 2.75 bits per heavy atom. The fourth-order valence-electron chi connectivity index (χ4n) is 10.7.